The second-order valence-electron chi connectivity index (χ2n) is 2.30. The van der Waals surface area contributed by atoms with E-state index in [0.29, 0.717) is 26.2 Å². The summed E-state index contributed by atoms with van der Waals surface area (Å²) in [4.78, 5) is 0. The van der Waals surface area contributed by atoms with E-state index in [1.165, 1.54) is 0 Å². The van der Waals surface area contributed by atoms with Crippen molar-refractivity contribution in [3.05, 3.63) is 0 Å². The third-order valence-corrected chi connectivity index (χ3v) is 1.17. The van der Waals surface area contributed by atoms with E-state index in [2.05, 4.69) is 6.92 Å². The van der Waals surface area contributed by atoms with Crippen LogP contribution in [0, 0.1) is 0 Å². The van der Waals surface area contributed by atoms with Crippen molar-refractivity contribution in [1.82, 2.24) is 0 Å². The van der Waals surface area contributed by atoms with Gasteiger partial charge in [-0.3, -0.25) is 0 Å². The molecule has 0 unspecified atom stereocenters. The lowest BCUT2D eigenvalue weighted by Gasteiger charge is -2.03. The topological polar surface area (TPSA) is 38.7 Å². The van der Waals surface area contributed by atoms with E-state index in [4.69, 9.17) is 14.6 Å². The normalized spacial score (nSPS) is 10.4. The summed E-state index contributed by atoms with van der Waals surface area (Å²) in [6.07, 6.45) is 1.77. The van der Waals surface area contributed by atoms with Gasteiger partial charge < -0.3 is 14.6 Å². The Balaban J connectivity index is 2.69. The minimum absolute atomic E-state index is 0.204. The lowest BCUT2D eigenvalue weighted by Crippen LogP contribution is -2.06. The fourth-order valence-corrected chi connectivity index (χ4v) is 0.633. The molecule has 0 bridgehead atoms. The Morgan fingerprint density at radius 1 is 1.00 bits per heavy atom. The molecule has 0 atom stereocenters. The Hall–Kier alpha value is -0.120. The first-order valence-electron chi connectivity index (χ1n) is 4.18. The molecule has 0 spiro atoms. The van der Waals surface area contributed by atoms with Crippen LogP contribution >= 0.6 is 0 Å². The quantitative estimate of drug-likeness (QED) is 0.537. The van der Waals surface area contributed by atoms with Crippen molar-refractivity contribution in [3.8, 4) is 0 Å². The number of hydrogen-bond acceptors (Lipinski definition) is 3. The van der Waals surface area contributed by atoms with E-state index in [0.717, 1.165) is 13.0 Å². The summed E-state index contributed by atoms with van der Waals surface area (Å²) in [6, 6.07) is 0. The highest BCUT2D eigenvalue weighted by Gasteiger charge is 1.87. The number of hydrogen-bond donors (Lipinski definition) is 1. The first-order chi connectivity index (χ1) is 5.41. The van der Waals surface area contributed by atoms with Gasteiger partial charge in [-0.15, -0.1) is 0 Å². The van der Waals surface area contributed by atoms with Crippen LogP contribution < -0.4 is 0 Å². The Kier molecular flexibility index (Phi) is 9.77. The molecule has 0 heterocycles. The van der Waals surface area contributed by atoms with E-state index in [9.17, 15) is 0 Å². The van der Waals surface area contributed by atoms with Crippen LogP contribution in [0.3, 0.4) is 0 Å². The average molecular weight is 162 g/mol. The molecule has 0 saturated carbocycles. The standard InChI is InChI=1S/C8H18O3/c1-2-5-10-7-8-11-6-3-4-9/h9H,2-8H2,1H3. The molecule has 0 aromatic carbocycles. The van der Waals surface area contributed by atoms with E-state index in [1.54, 1.807) is 0 Å². The Morgan fingerprint density at radius 2 is 1.64 bits per heavy atom. The van der Waals surface area contributed by atoms with Gasteiger partial charge in [-0.25, -0.2) is 0 Å². The molecule has 3 nitrogen and oxygen atoms in total. The second-order valence-corrected chi connectivity index (χ2v) is 2.30. The molecule has 3 heteroatoms. The molecule has 1 N–H and O–H groups in total. The van der Waals surface area contributed by atoms with Crippen molar-refractivity contribution in [1.29, 1.82) is 0 Å². The average Bonchev–Trinajstić information content (AvgIpc) is 2.03. The van der Waals surface area contributed by atoms with Crippen molar-refractivity contribution in [3.63, 3.8) is 0 Å². The van der Waals surface area contributed by atoms with Gasteiger partial charge in [-0.1, -0.05) is 6.92 Å². The van der Waals surface area contributed by atoms with Gasteiger partial charge in [0.1, 0.15) is 0 Å². The third-order valence-electron chi connectivity index (χ3n) is 1.17. The summed E-state index contributed by atoms with van der Waals surface area (Å²) in [5, 5.41) is 8.40. The van der Waals surface area contributed by atoms with Crippen LogP contribution in [-0.2, 0) is 9.47 Å². The van der Waals surface area contributed by atoms with Crippen LogP contribution in [0.2, 0.25) is 0 Å². The van der Waals surface area contributed by atoms with Crippen LogP contribution in [0.4, 0.5) is 0 Å². The van der Waals surface area contributed by atoms with E-state index < -0.39 is 0 Å². The highest BCUT2D eigenvalue weighted by molar-refractivity contribution is 4.33. The molecular weight excluding hydrogens is 144 g/mol. The molecule has 11 heavy (non-hydrogen) atoms. The highest BCUT2D eigenvalue weighted by atomic mass is 16.5. The van der Waals surface area contributed by atoms with Crippen LogP contribution in [0.25, 0.3) is 0 Å². The number of aliphatic hydroxyl groups is 1. The van der Waals surface area contributed by atoms with E-state index >= 15 is 0 Å². The molecular formula is C8H18O3. The van der Waals surface area contributed by atoms with E-state index in [1.807, 2.05) is 0 Å². The predicted octanol–water partition coefficient (Wildman–Crippen LogP) is 0.812. The van der Waals surface area contributed by atoms with Crippen molar-refractivity contribution < 1.29 is 14.6 Å². The first kappa shape index (κ1) is 10.9. The Morgan fingerprint density at radius 3 is 2.18 bits per heavy atom. The zero-order chi connectivity index (χ0) is 8.36. The molecule has 0 aromatic heterocycles. The van der Waals surface area contributed by atoms with Crippen LogP contribution in [0.5, 0.6) is 0 Å². The Bertz CT molecular complexity index is 58.4. The summed E-state index contributed by atoms with van der Waals surface area (Å²) in [7, 11) is 0. The molecule has 0 amide bonds. The molecule has 0 rings (SSSR count). The number of rotatable bonds is 8. The fourth-order valence-electron chi connectivity index (χ4n) is 0.633. The molecule has 68 valence electrons. The first-order valence-corrected chi connectivity index (χ1v) is 4.18. The van der Waals surface area contributed by atoms with Gasteiger partial charge in [0.05, 0.1) is 13.2 Å². The molecule has 0 aliphatic rings. The fraction of sp³-hybridized carbons (Fsp3) is 1.00. The minimum atomic E-state index is 0.204. The molecule has 0 radical (unpaired) electrons. The minimum Gasteiger partial charge on any atom is -0.396 e. The van der Waals surface area contributed by atoms with Crippen molar-refractivity contribution in [2.45, 2.75) is 19.8 Å². The van der Waals surface area contributed by atoms with Crippen LogP contribution in [0.15, 0.2) is 0 Å². The molecule has 0 saturated heterocycles. The smallest absolute Gasteiger partial charge is 0.0700 e. The van der Waals surface area contributed by atoms with Crippen molar-refractivity contribution in [2.24, 2.45) is 0 Å². The lowest BCUT2D eigenvalue weighted by atomic mass is 10.5. The highest BCUT2D eigenvalue weighted by Crippen LogP contribution is 1.83. The van der Waals surface area contributed by atoms with Gasteiger partial charge in [0, 0.05) is 19.8 Å². The Labute approximate surface area is 68.3 Å². The summed E-state index contributed by atoms with van der Waals surface area (Å²) in [5.41, 5.74) is 0. The predicted molar refractivity (Wildman–Crippen MR) is 43.6 cm³/mol. The maximum absolute atomic E-state index is 8.40. The third kappa shape index (κ3) is 9.88. The maximum Gasteiger partial charge on any atom is 0.0700 e. The van der Waals surface area contributed by atoms with Gasteiger partial charge in [-0.05, 0) is 12.8 Å². The van der Waals surface area contributed by atoms with Crippen molar-refractivity contribution in [2.75, 3.05) is 33.0 Å². The molecule has 0 aromatic rings. The monoisotopic (exact) mass is 162 g/mol. The lowest BCUT2D eigenvalue weighted by molar-refractivity contribution is 0.0428. The van der Waals surface area contributed by atoms with Gasteiger partial charge in [0.15, 0.2) is 0 Å². The summed E-state index contributed by atoms with van der Waals surface area (Å²) < 4.78 is 10.3. The van der Waals surface area contributed by atoms with Crippen LogP contribution in [-0.4, -0.2) is 38.1 Å². The largest absolute Gasteiger partial charge is 0.396 e. The van der Waals surface area contributed by atoms with Gasteiger partial charge >= 0.3 is 0 Å². The zero-order valence-electron chi connectivity index (χ0n) is 7.21. The van der Waals surface area contributed by atoms with E-state index in [-0.39, 0.29) is 6.61 Å². The molecule has 0 aliphatic carbocycles. The van der Waals surface area contributed by atoms with Gasteiger partial charge in [-0.2, -0.15) is 0 Å². The van der Waals surface area contributed by atoms with Gasteiger partial charge in [0.25, 0.3) is 0 Å². The maximum atomic E-state index is 8.40. The SMILES string of the molecule is CCCOCCOCCCO. The van der Waals surface area contributed by atoms with Gasteiger partial charge in [0.2, 0.25) is 0 Å². The zero-order valence-corrected chi connectivity index (χ0v) is 7.21. The number of ether oxygens (including phenoxy) is 2. The summed E-state index contributed by atoms with van der Waals surface area (Å²) in [5.74, 6) is 0. The molecule has 0 fully saturated rings. The summed E-state index contributed by atoms with van der Waals surface area (Å²) in [6.45, 7) is 5.02. The van der Waals surface area contributed by atoms with Crippen molar-refractivity contribution >= 4 is 0 Å². The molecule has 0 aliphatic heterocycles. The van der Waals surface area contributed by atoms with Crippen LogP contribution in [0.1, 0.15) is 19.8 Å². The summed E-state index contributed by atoms with van der Waals surface area (Å²) >= 11 is 0. The number of aliphatic hydroxyl groups excluding tert-OH is 1. The second kappa shape index (κ2) is 9.88.